The first-order chi connectivity index (χ1) is 8.16. The van der Waals surface area contributed by atoms with Crippen LogP contribution in [0, 0.1) is 5.82 Å². The van der Waals surface area contributed by atoms with Crippen molar-refractivity contribution in [1.29, 1.82) is 0 Å². The summed E-state index contributed by atoms with van der Waals surface area (Å²) in [6.07, 6.45) is -0.507. The topological polar surface area (TPSA) is 38.7 Å². The molecule has 3 nitrogen and oxygen atoms in total. The van der Waals surface area contributed by atoms with Crippen molar-refractivity contribution in [3.8, 4) is 0 Å². The summed E-state index contributed by atoms with van der Waals surface area (Å²) in [5.74, 6) is -0.305. The Bertz CT molecular complexity index is 380. The highest BCUT2D eigenvalue weighted by Crippen LogP contribution is 2.19. The Morgan fingerprint density at radius 1 is 1.47 bits per heavy atom. The molecule has 1 fully saturated rings. The van der Waals surface area contributed by atoms with Crippen LogP contribution in [0.15, 0.2) is 22.7 Å². The minimum absolute atomic E-state index is 0.299. The van der Waals surface area contributed by atoms with E-state index in [4.69, 9.17) is 9.47 Å². The zero-order valence-corrected chi connectivity index (χ0v) is 10.8. The van der Waals surface area contributed by atoms with Crippen LogP contribution in [0.4, 0.5) is 4.39 Å². The van der Waals surface area contributed by atoms with Gasteiger partial charge < -0.3 is 14.6 Å². The lowest BCUT2D eigenvalue weighted by Crippen LogP contribution is -2.39. The maximum atomic E-state index is 13.0. The molecule has 0 saturated carbocycles. The predicted molar refractivity (Wildman–Crippen MR) is 64.4 cm³/mol. The quantitative estimate of drug-likeness (QED) is 0.927. The molecule has 0 spiro atoms. The fraction of sp³-hybridized carbons (Fsp3) is 0.500. The van der Waals surface area contributed by atoms with E-state index in [-0.39, 0.29) is 11.9 Å². The lowest BCUT2D eigenvalue weighted by atomic mass is 10.0. The van der Waals surface area contributed by atoms with Gasteiger partial charge in [0.05, 0.1) is 30.4 Å². The average Bonchev–Trinajstić information content (AvgIpc) is 2.35. The summed E-state index contributed by atoms with van der Waals surface area (Å²) in [5, 5.41) is 9.97. The third-order valence-electron chi connectivity index (χ3n) is 2.70. The molecule has 0 amide bonds. The van der Waals surface area contributed by atoms with E-state index in [0.717, 1.165) is 5.56 Å². The number of hydrogen-bond acceptors (Lipinski definition) is 3. The van der Waals surface area contributed by atoms with Crippen LogP contribution in [0.25, 0.3) is 0 Å². The lowest BCUT2D eigenvalue weighted by Gasteiger charge is -2.27. The Balaban J connectivity index is 1.96. The van der Waals surface area contributed by atoms with E-state index in [1.54, 1.807) is 12.1 Å². The van der Waals surface area contributed by atoms with Gasteiger partial charge in [0.1, 0.15) is 11.9 Å². The monoisotopic (exact) mass is 304 g/mol. The van der Waals surface area contributed by atoms with E-state index in [1.807, 2.05) is 0 Å². The molecule has 1 aromatic carbocycles. The molecule has 1 aliphatic heterocycles. The van der Waals surface area contributed by atoms with Gasteiger partial charge in [0.25, 0.3) is 0 Å². The highest BCUT2D eigenvalue weighted by molar-refractivity contribution is 9.10. The van der Waals surface area contributed by atoms with Crippen molar-refractivity contribution < 1.29 is 19.0 Å². The van der Waals surface area contributed by atoms with Crippen LogP contribution in [-0.2, 0) is 15.9 Å². The van der Waals surface area contributed by atoms with Gasteiger partial charge in [0.15, 0.2) is 0 Å². The predicted octanol–water partition coefficient (Wildman–Crippen LogP) is 1.91. The summed E-state index contributed by atoms with van der Waals surface area (Å²) in [4.78, 5) is 0. The first kappa shape index (κ1) is 13.0. The number of rotatable bonds is 3. The van der Waals surface area contributed by atoms with E-state index in [9.17, 15) is 9.50 Å². The van der Waals surface area contributed by atoms with Crippen molar-refractivity contribution in [2.45, 2.75) is 18.6 Å². The van der Waals surface area contributed by atoms with Crippen molar-refractivity contribution >= 4 is 15.9 Å². The highest BCUT2D eigenvalue weighted by atomic mass is 79.9. The number of benzene rings is 1. The number of ether oxygens (including phenoxy) is 2. The van der Waals surface area contributed by atoms with Crippen LogP contribution in [-0.4, -0.2) is 37.1 Å². The largest absolute Gasteiger partial charge is 0.390 e. The second-order valence-corrected chi connectivity index (χ2v) is 4.86. The van der Waals surface area contributed by atoms with Crippen LogP contribution in [0.1, 0.15) is 5.56 Å². The zero-order chi connectivity index (χ0) is 12.3. The smallest absolute Gasteiger partial charge is 0.137 e. The summed E-state index contributed by atoms with van der Waals surface area (Å²) in [6, 6.07) is 4.71. The number of aliphatic hydroxyl groups is 1. The Hall–Kier alpha value is -0.490. The van der Waals surface area contributed by atoms with Gasteiger partial charge in [-0.1, -0.05) is 6.07 Å². The maximum Gasteiger partial charge on any atom is 0.137 e. The summed E-state index contributed by atoms with van der Waals surface area (Å²) in [7, 11) is 0. The Morgan fingerprint density at radius 3 is 2.94 bits per heavy atom. The summed E-state index contributed by atoms with van der Waals surface area (Å²) < 4.78 is 24.1. The van der Waals surface area contributed by atoms with Crippen LogP contribution >= 0.6 is 15.9 Å². The van der Waals surface area contributed by atoms with Crippen molar-refractivity contribution in [3.05, 3.63) is 34.1 Å². The van der Waals surface area contributed by atoms with Gasteiger partial charge in [-0.3, -0.25) is 0 Å². The third kappa shape index (κ3) is 3.48. The van der Waals surface area contributed by atoms with Crippen molar-refractivity contribution in [2.75, 3.05) is 19.8 Å². The summed E-state index contributed by atoms with van der Waals surface area (Å²) in [5.41, 5.74) is 0.861. The van der Waals surface area contributed by atoms with E-state index >= 15 is 0 Å². The average molecular weight is 305 g/mol. The molecule has 94 valence electrons. The van der Waals surface area contributed by atoms with Gasteiger partial charge in [0, 0.05) is 6.42 Å². The fourth-order valence-corrected chi connectivity index (χ4v) is 2.19. The molecule has 1 aliphatic rings. The van der Waals surface area contributed by atoms with E-state index in [0.29, 0.717) is 30.7 Å². The van der Waals surface area contributed by atoms with E-state index < -0.39 is 6.10 Å². The lowest BCUT2D eigenvalue weighted by molar-refractivity contribution is -0.131. The zero-order valence-electron chi connectivity index (χ0n) is 9.23. The number of hydrogen-bond donors (Lipinski definition) is 1. The molecule has 0 bridgehead atoms. The summed E-state index contributed by atoms with van der Waals surface area (Å²) in [6.45, 7) is 1.49. The second kappa shape index (κ2) is 5.91. The minimum Gasteiger partial charge on any atom is -0.390 e. The van der Waals surface area contributed by atoms with Crippen molar-refractivity contribution in [1.82, 2.24) is 0 Å². The van der Waals surface area contributed by atoms with Crippen molar-refractivity contribution in [2.24, 2.45) is 0 Å². The van der Waals surface area contributed by atoms with Gasteiger partial charge in [-0.05, 0) is 33.6 Å². The Kier molecular flexibility index (Phi) is 4.50. The standard InChI is InChI=1S/C12H14BrFO3/c13-9-5-8(1-2-10(9)14)6-11(15)12-7-16-3-4-17-12/h1-2,5,11-12,15H,3-4,6-7H2. The van der Waals surface area contributed by atoms with Crippen LogP contribution in [0.3, 0.4) is 0 Å². The summed E-state index contributed by atoms with van der Waals surface area (Å²) >= 11 is 3.12. The minimum atomic E-state index is -0.632. The number of halogens is 2. The Morgan fingerprint density at radius 2 is 2.29 bits per heavy atom. The molecule has 1 heterocycles. The molecule has 1 saturated heterocycles. The highest BCUT2D eigenvalue weighted by Gasteiger charge is 2.23. The molecule has 2 rings (SSSR count). The molecule has 0 aliphatic carbocycles. The van der Waals surface area contributed by atoms with Gasteiger partial charge in [-0.2, -0.15) is 0 Å². The van der Waals surface area contributed by atoms with Crippen LogP contribution in [0.5, 0.6) is 0 Å². The molecule has 17 heavy (non-hydrogen) atoms. The first-order valence-electron chi connectivity index (χ1n) is 5.48. The van der Waals surface area contributed by atoms with Crippen LogP contribution < -0.4 is 0 Å². The molecule has 0 aromatic heterocycles. The van der Waals surface area contributed by atoms with Gasteiger partial charge >= 0.3 is 0 Å². The second-order valence-electron chi connectivity index (χ2n) is 4.00. The van der Waals surface area contributed by atoms with E-state index in [1.165, 1.54) is 6.07 Å². The molecule has 1 aromatic rings. The first-order valence-corrected chi connectivity index (χ1v) is 6.27. The molecule has 0 radical (unpaired) electrons. The SMILES string of the molecule is OC(Cc1ccc(F)c(Br)c1)C1COCCO1. The van der Waals surface area contributed by atoms with Crippen molar-refractivity contribution in [3.63, 3.8) is 0 Å². The third-order valence-corrected chi connectivity index (χ3v) is 3.31. The van der Waals surface area contributed by atoms with Gasteiger partial charge in [-0.15, -0.1) is 0 Å². The fourth-order valence-electron chi connectivity index (χ4n) is 1.77. The molecule has 2 atom stereocenters. The number of aliphatic hydroxyl groups excluding tert-OH is 1. The molecular formula is C12H14BrFO3. The van der Waals surface area contributed by atoms with E-state index in [2.05, 4.69) is 15.9 Å². The molecule has 2 unspecified atom stereocenters. The molecule has 5 heteroatoms. The molecule has 1 N–H and O–H groups in total. The van der Waals surface area contributed by atoms with Crippen LogP contribution in [0.2, 0.25) is 0 Å². The maximum absolute atomic E-state index is 13.0. The van der Waals surface area contributed by atoms with Gasteiger partial charge in [-0.25, -0.2) is 4.39 Å². The normalized spacial score (nSPS) is 22.4. The Labute approximate surface area is 108 Å². The van der Waals surface area contributed by atoms with Gasteiger partial charge in [0.2, 0.25) is 0 Å². The molecular weight excluding hydrogens is 291 g/mol.